The fourth-order valence-electron chi connectivity index (χ4n) is 1.02. The van der Waals surface area contributed by atoms with Crippen molar-refractivity contribution in [2.24, 2.45) is 0 Å². The summed E-state index contributed by atoms with van der Waals surface area (Å²) in [6.07, 6.45) is -7.44. The molecule has 16 heavy (non-hydrogen) atoms. The smallest absolute Gasteiger partial charge is 0.437 e. The van der Waals surface area contributed by atoms with Gasteiger partial charge in [0, 0.05) is 6.20 Å². The topological polar surface area (TPSA) is 22.1 Å². The summed E-state index contributed by atoms with van der Waals surface area (Å²) in [7, 11) is 0.896. The van der Waals surface area contributed by atoms with E-state index in [2.05, 4.69) is 9.72 Å². The quantitative estimate of drug-likeness (QED) is 0.757. The van der Waals surface area contributed by atoms with Gasteiger partial charge in [-0.05, 0) is 0 Å². The molecule has 0 atom stereocenters. The Morgan fingerprint density at radius 3 is 2.31 bits per heavy atom. The van der Waals surface area contributed by atoms with E-state index in [0.717, 1.165) is 7.11 Å². The van der Waals surface area contributed by atoms with Crippen LogP contribution in [0.5, 0.6) is 5.75 Å². The molecule has 0 aromatic carbocycles. The molecular weight excluding hydrogens is 257 g/mol. The van der Waals surface area contributed by atoms with Crippen LogP contribution in [0.1, 0.15) is 17.7 Å². The molecule has 1 aromatic rings. The monoisotopic (exact) mass is 261 g/mol. The number of methoxy groups -OCH3 is 1. The van der Waals surface area contributed by atoms with Crippen LogP contribution in [0.15, 0.2) is 6.20 Å². The highest BCUT2D eigenvalue weighted by atomic mass is 35.5. The number of ether oxygens (including phenoxy) is 1. The Kier molecular flexibility index (Phi) is 3.57. The fourth-order valence-corrected chi connectivity index (χ4v) is 1.32. The van der Waals surface area contributed by atoms with Gasteiger partial charge in [0.25, 0.3) is 6.43 Å². The van der Waals surface area contributed by atoms with Gasteiger partial charge in [-0.3, -0.25) is 0 Å². The molecule has 0 saturated heterocycles. The van der Waals surface area contributed by atoms with E-state index in [1.54, 1.807) is 0 Å². The van der Waals surface area contributed by atoms with Gasteiger partial charge in [0.05, 0.1) is 17.7 Å². The number of alkyl halides is 5. The molecule has 0 amide bonds. The van der Waals surface area contributed by atoms with Gasteiger partial charge in [-0.1, -0.05) is 11.6 Å². The minimum atomic E-state index is -4.81. The molecule has 0 bridgehead atoms. The Bertz CT molecular complexity index is 393. The van der Waals surface area contributed by atoms with E-state index in [-0.39, 0.29) is 0 Å². The van der Waals surface area contributed by atoms with Crippen molar-refractivity contribution in [1.82, 2.24) is 4.98 Å². The zero-order valence-electron chi connectivity index (χ0n) is 7.78. The van der Waals surface area contributed by atoms with Crippen LogP contribution in [0.3, 0.4) is 0 Å². The summed E-state index contributed by atoms with van der Waals surface area (Å²) in [5.74, 6) is -0.896. The first kappa shape index (κ1) is 13.0. The first-order chi connectivity index (χ1) is 7.29. The Labute approximate surface area is 92.0 Å². The number of pyridine rings is 1. The summed E-state index contributed by atoms with van der Waals surface area (Å²) in [5, 5.41) is -0.778. The largest absolute Gasteiger partial charge is 0.493 e. The highest BCUT2D eigenvalue weighted by Crippen LogP contribution is 2.42. The highest BCUT2D eigenvalue weighted by molar-refractivity contribution is 6.33. The lowest BCUT2D eigenvalue weighted by atomic mass is 10.2. The van der Waals surface area contributed by atoms with E-state index < -0.39 is 34.6 Å². The molecule has 1 heterocycles. The lowest BCUT2D eigenvalue weighted by Crippen LogP contribution is -2.11. The van der Waals surface area contributed by atoms with Crippen LogP contribution in [-0.2, 0) is 6.18 Å². The van der Waals surface area contributed by atoms with E-state index in [4.69, 9.17) is 11.6 Å². The predicted octanol–water partition coefficient (Wildman–Crippen LogP) is 3.70. The fraction of sp³-hybridized carbons (Fsp3) is 0.375. The zero-order valence-corrected chi connectivity index (χ0v) is 8.53. The van der Waals surface area contributed by atoms with E-state index in [1.165, 1.54) is 0 Å². The van der Waals surface area contributed by atoms with E-state index in [9.17, 15) is 22.0 Å². The molecule has 90 valence electrons. The number of halogens is 6. The van der Waals surface area contributed by atoms with Gasteiger partial charge in [-0.15, -0.1) is 0 Å². The maximum absolute atomic E-state index is 12.4. The molecule has 1 aromatic heterocycles. The molecule has 2 nitrogen and oxygen atoms in total. The Morgan fingerprint density at radius 1 is 1.38 bits per heavy atom. The Morgan fingerprint density at radius 2 is 1.94 bits per heavy atom. The summed E-state index contributed by atoms with van der Waals surface area (Å²) in [5.41, 5.74) is -2.23. The van der Waals surface area contributed by atoms with Gasteiger partial charge in [0.1, 0.15) is 0 Å². The maximum Gasteiger partial charge on any atom is 0.437 e. The maximum atomic E-state index is 12.4. The summed E-state index contributed by atoms with van der Waals surface area (Å²) in [6.45, 7) is 0. The van der Waals surface area contributed by atoms with Gasteiger partial charge < -0.3 is 4.74 Å². The molecule has 0 aliphatic rings. The summed E-state index contributed by atoms with van der Waals surface area (Å²) in [6, 6.07) is 0. The number of aromatic nitrogens is 1. The van der Waals surface area contributed by atoms with Crippen molar-refractivity contribution in [3.05, 3.63) is 22.5 Å². The van der Waals surface area contributed by atoms with Crippen LogP contribution in [-0.4, -0.2) is 12.1 Å². The van der Waals surface area contributed by atoms with Gasteiger partial charge in [0.2, 0.25) is 0 Å². The second-order valence-corrected chi connectivity index (χ2v) is 3.09. The van der Waals surface area contributed by atoms with Crippen LogP contribution in [0.2, 0.25) is 5.02 Å². The Hall–Kier alpha value is -1.11. The lowest BCUT2D eigenvalue weighted by Gasteiger charge is -2.14. The van der Waals surface area contributed by atoms with E-state index >= 15 is 0 Å². The average molecular weight is 262 g/mol. The van der Waals surface area contributed by atoms with Gasteiger partial charge in [0.15, 0.2) is 11.4 Å². The number of rotatable bonds is 2. The molecule has 0 saturated carbocycles. The molecule has 0 aliphatic heterocycles. The SMILES string of the molecule is COc1c(C(F)(F)F)ncc(C(F)F)c1Cl. The van der Waals surface area contributed by atoms with E-state index in [1.807, 2.05) is 0 Å². The summed E-state index contributed by atoms with van der Waals surface area (Å²) >= 11 is 5.37. The summed E-state index contributed by atoms with van der Waals surface area (Å²) < 4.78 is 66.0. The number of hydrogen-bond donors (Lipinski definition) is 0. The second kappa shape index (κ2) is 4.40. The molecule has 0 spiro atoms. The first-order valence-electron chi connectivity index (χ1n) is 3.86. The molecule has 1 rings (SSSR count). The second-order valence-electron chi connectivity index (χ2n) is 2.71. The Balaban J connectivity index is 3.41. The first-order valence-corrected chi connectivity index (χ1v) is 4.24. The normalized spacial score (nSPS) is 12.0. The van der Waals surface area contributed by atoms with Crippen LogP contribution in [0.4, 0.5) is 22.0 Å². The van der Waals surface area contributed by atoms with Crippen molar-refractivity contribution in [2.75, 3.05) is 7.11 Å². The number of nitrogens with zero attached hydrogens (tertiary/aromatic N) is 1. The summed E-state index contributed by atoms with van der Waals surface area (Å²) in [4.78, 5) is 2.89. The third-order valence-electron chi connectivity index (χ3n) is 1.71. The van der Waals surface area contributed by atoms with E-state index in [0.29, 0.717) is 6.20 Å². The zero-order chi connectivity index (χ0) is 12.5. The van der Waals surface area contributed by atoms with Crippen LogP contribution >= 0.6 is 11.6 Å². The minimum absolute atomic E-state index is 0.387. The minimum Gasteiger partial charge on any atom is -0.493 e. The lowest BCUT2D eigenvalue weighted by molar-refractivity contribution is -0.142. The van der Waals surface area contributed by atoms with Crippen molar-refractivity contribution < 1.29 is 26.7 Å². The van der Waals surface area contributed by atoms with Gasteiger partial charge in [-0.2, -0.15) is 13.2 Å². The van der Waals surface area contributed by atoms with Crippen molar-refractivity contribution in [2.45, 2.75) is 12.6 Å². The van der Waals surface area contributed by atoms with Crippen LogP contribution in [0.25, 0.3) is 0 Å². The van der Waals surface area contributed by atoms with Crippen molar-refractivity contribution in [3.8, 4) is 5.75 Å². The van der Waals surface area contributed by atoms with Gasteiger partial charge >= 0.3 is 6.18 Å². The predicted molar refractivity (Wildman–Crippen MR) is 45.8 cm³/mol. The van der Waals surface area contributed by atoms with Gasteiger partial charge in [-0.25, -0.2) is 13.8 Å². The van der Waals surface area contributed by atoms with Crippen LogP contribution in [0, 0.1) is 0 Å². The molecule has 0 N–H and O–H groups in total. The molecule has 0 unspecified atom stereocenters. The third-order valence-corrected chi connectivity index (χ3v) is 2.10. The molecular formula is C8H5ClF5NO. The molecule has 0 aliphatic carbocycles. The van der Waals surface area contributed by atoms with Crippen LogP contribution < -0.4 is 4.74 Å². The van der Waals surface area contributed by atoms with Crippen molar-refractivity contribution in [1.29, 1.82) is 0 Å². The third kappa shape index (κ3) is 2.34. The highest BCUT2D eigenvalue weighted by Gasteiger charge is 2.38. The average Bonchev–Trinajstić information content (AvgIpc) is 2.15. The molecule has 0 radical (unpaired) electrons. The van der Waals surface area contributed by atoms with Crippen molar-refractivity contribution >= 4 is 11.6 Å². The number of hydrogen-bond acceptors (Lipinski definition) is 2. The van der Waals surface area contributed by atoms with Crippen molar-refractivity contribution in [3.63, 3.8) is 0 Å². The molecule has 8 heteroatoms. The molecule has 0 fully saturated rings. The standard InChI is InChI=1S/C8H5ClF5NO/c1-16-5-4(9)3(7(10)11)2-15-6(5)8(12,13)14/h2,7H,1H3.